The van der Waals surface area contributed by atoms with Gasteiger partial charge in [0.25, 0.3) is 0 Å². The summed E-state index contributed by atoms with van der Waals surface area (Å²) in [6.45, 7) is 6.22. The van der Waals surface area contributed by atoms with Crippen LogP contribution in [0.3, 0.4) is 0 Å². The average molecular weight is 277 g/mol. The Labute approximate surface area is 119 Å². The number of aryl methyl sites for hydroxylation is 1. The maximum atomic E-state index is 11.5. The molecule has 1 aliphatic rings. The average Bonchev–Trinajstić information content (AvgIpc) is 3.28. The Bertz CT molecular complexity index is 459. The van der Waals surface area contributed by atoms with E-state index in [-0.39, 0.29) is 11.8 Å². The van der Waals surface area contributed by atoms with E-state index in [2.05, 4.69) is 32.8 Å². The van der Waals surface area contributed by atoms with Crippen LogP contribution in [-0.4, -0.2) is 35.5 Å². The van der Waals surface area contributed by atoms with Gasteiger partial charge in [-0.2, -0.15) is 4.98 Å². The Morgan fingerprint density at radius 1 is 1.30 bits per heavy atom. The highest BCUT2D eigenvalue weighted by Crippen LogP contribution is 2.28. The molecule has 0 spiro atoms. The summed E-state index contributed by atoms with van der Waals surface area (Å²) >= 11 is 0. The Hall–Kier alpha value is -1.85. The van der Waals surface area contributed by atoms with Gasteiger partial charge in [0.1, 0.15) is 5.82 Å². The summed E-state index contributed by atoms with van der Waals surface area (Å²) in [4.78, 5) is 20.1. The molecule has 1 aromatic rings. The molecule has 1 heterocycles. The summed E-state index contributed by atoms with van der Waals surface area (Å²) in [7, 11) is 0. The minimum atomic E-state index is 0.177. The SMILES string of the molecule is CCCNc1ncc(C)c(NCCNC(=O)C2CC2)n1. The standard InChI is InChI=1S/C14H23N5O/c1-3-6-17-14-18-9-10(2)12(19-14)15-7-8-16-13(20)11-4-5-11/h9,11H,3-8H2,1-2H3,(H,16,20)(H2,15,17,18,19). The molecule has 6 nitrogen and oxygen atoms in total. The number of carbonyl (C=O) groups is 1. The first-order valence-corrected chi connectivity index (χ1v) is 7.29. The Balaban J connectivity index is 1.76. The van der Waals surface area contributed by atoms with Crippen LogP contribution in [0.25, 0.3) is 0 Å². The lowest BCUT2D eigenvalue weighted by Gasteiger charge is -2.11. The van der Waals surface area contributed by atoms with Crippen molar-refractivity contribution in [3.05, 3.63) is 11.8 Å². The third kappa shape index (κ3) is 4.36. The zero-order valence-electron chi connectivity index (χ0n) is 12.2. The molecule has 0 atom stereocenters. The van der Waals surface area contributed by atoms with E-state index in [4.69, 9.17) is 0 Å². The third-order valence-corrected chi connectivity index (χ3v) is 3.17. The highest BCUT2D eigenvalue weighted by Gasteiger charge is 2.28. The minimum absolute atomic E-state index is 0.177. The van der Waals surface area contributed by atoms with Crippen molar-refractivity contribution < 1.29 is 4.79 Å². The molecule has 0 aromatic carbocycles. The van der Waals surface area contributed by atoms with E-state index in [1.54, 1.807) is 6.20 Å². The molecule has 0 aliphatic heterocycles. The lowest BCUT2D eigenvalue weighted by molar-refractivity contribution is -0.122. The van der Waals surface area contributed by atoms with E-state index < -0.39 is 0 Å². The van der Waals surface area contributed by atoms with Crippen molar-refractivity contribution in [3.63, 3.8) is 0 Å². The molecular formula is C14H23N5O. The molecule has 1 saturated carbocycles. The number of aromatic nitrogens is 2. The van der Waals surface area contributed by atoms with Gasteiger partial charge in [0, 0.05) is 37.3 Å². The number of hydrogen-bond acceptors (Lipinski definition) is 5. The first-order valence-electron chi connectivity index (χ1n) is 7.29. The summed E-state index contributed by atoms with van der Waals surface area (Å²) in [5.41, 5.74) is 1.00. The van der Waals surface area contributed by atoms with Crippen molar-refractivity contribution in [3.8, 4) is 0 Å². The molecule has 3 N–H and O–H groups in total. The van der Waals surface area contributed by atoms with Crippen LogP contribution in [0.5, 0.6) is 0 Å². The van der Waals surface area contributed by atoms with Gasteiger partial charge in [-0.3, -0.25) is 4.79 Å². The monoisotopic (exact) mass is 277 g/mol. The largest absolute Gasteiger partial charge is 0.368 e. The van der Waals surface area contributed by atoms with E-state index in [0.29, 0.717) is 19.0 Å². The van der Waals surface area contributed by atoms with Crippen LogP contribution >= 0.6 is 0 Å². The quantitative estimate of drug-likeness (QED) is 0.628. The maximum Gasteiger partial charge on any atom is 0.224 e. The Morgan fingerprint density at radius 2 is 2.10 bits per heavy atom. The van der Waals surface area contributed by atoms with Crippen molar-refractivity contribution in [2.45, 2.75) is 33.1 Å². The van der Waals surface area contributed by atoms with Crippen molar-refractivity contribution >= 4 is 17.7 Å². The van der Waals surface area contributed by atoms with Crippen LogP contribution in [0, 0.1) is 12.8 Å². The summed E-state index contributed by atoms with van der Waals surface area (Å²) in [6.07, 6.45) is 4.91. The van der Waals surface area contributed by atoms with Crippen molar-refractivity contribution in [1.29, 1.82) is 0 Å². The van der Waals surface area contributed by atoms with Crippen LogP contribution in [0.4, 0.5) is 11.8 Å². The summed E-state index contributed by atoms with van der Waals surface area (Å²) in [5, 5.41) is 9.32. The van der Waals surface area contributed by atoms with E-state index in [0.717, 1.165) is 37.2 Å². The predicted octanol–water partition coefficient (Wildman–Crippen LogP) is 1.55. The molecule has 1 aliphatic carbocycles. The lowest BCUT2D eigenvalue weighted by Crippen LogP contribution is -2.30. The molecule has 0 bridgehead atoms. The molecule has 20 heavy (non-hydrogen) atoms. The first kappa shape index (κ1) is 14.6. The van der Waals surface area contributed by atoms with Crippen LogP contribution in [-0.2, 0) is 4.79 Å². The molecule has 6 heteroatoms. The molecule has 2 rings (SSSR count). The van der Waals surface area contributed by atoms with Gasteiger partial charge in [-0.25, -0.2) is 4.98 Å². The zero-order valence-corrected chi connectivity index (χ0v) is 12.2. The summed E-state index contributed by atoms with van der Waals surface area (Å²) in [5.74, 6) is 1.90. The number of nitrogens with one attached hydrogen (secondary N) is 3. The second-order valence-electron chi connectivity index (χ2n) is 5.14. The number of anilines is 2. The second-order valence-corrected chi connectivity index (χ2v) is 5.14. The molecule has 110 valence electrons. The highest BCUT2D eigenvalue weighted by atomic mass is 16.2. The van der Waals surface area contributed by atoms with E-state index >= 15 is 0 Å². The van der Waals surface area contributed by atoms with Gasteiger partial charge in [0.2, 0.25) is 11.9 Å². The van der Waals surface area contributed by atoms with Crippen LogP contribution in [0.2, 0.25) is 0 Å². The Morgan fingerprint density at radius 3 is 2.80 bits per heavy atom. The number of carbonyl (C=O) groups excluding carboxylic acids is 1. The van der Waals surface area contributed by atoms with Crippen LogP contribution < -0.4 is 16.0 Å². The molecule has 1 amide bonds. The highest BCUT2D eigenvalue weighted by molar-refractivity contribution is 5.80. The van der Waals surface area contributed by atoms with Gasteiger partial charge < -0.3 is 16.0 Å². The van der Waals surface area contributed by atoms with Gasteiger partial charge in [-0.05, 0) is 26.2 Å². The number of nitrogens with zero attached hydrogens (tertiary/aromatic N) is 2. The van der Waals surface area contributed by atoms with Gasteiger partial charge in [-0.15, -0.1) is 0 Å². The van der Waals surface area contributed by atoms with Gasteiger partial charge in [0.15, 0.2) is 0 Å². The topological polar surface area (TPSA) is 78.9 Å². The number of amides is 1. The molecule has 0 saturated heterocycles. The van der Waals surface area contributed by atoms with Crippen LogP contribution in [0.1, 0.15) is 31.7 Å². The fraction of sp³-hybridized carbons (Fsp3) is 0.643. The lowest BCUT2D eigenvalue weighted by atomic mass is 10.3. The van der Waals surface area contributed by atoms with Crippen LogP contribution in [0.15, 0.2) is 6.20 Å². The Kier molecular flexibility index (Phi) is 5.15. The predicted molar refractivity (Wildman–Crippen MR) is 79.8 cm³/mol. The van der Waals surface area contributed by atoms with Crippen molar-refractivity contribution in [2.75, 3.05) is 30.3 Å². The van der Waals surface area contributed by atoms with Gasteiger partial charge in [0.05, 0.1) is 0 Å². The number of rotatable bonds is 8. The fourth-order valence-corrected chi connectivity index (χ4v) is 1.80. The van der Waals surface area contributed by atoms with Gasteiger partial charge in [-0.1, -0.05) is 6.92 Å². The first-order chi connectivity index (χ1) is 9.70. The smallest absolute Gasteiger partial charge is 0.224 e. The maximum absolute atomic E-state index is 11.5. The minimum Gasteiger partial charge on any atom is -0.368 e. The third-order valence-electron chi connectivity index (χ3n) is 3.17. The molecule has 0 radical (unpaired) electrons. The fourth-order valence-electron chi connectivity index (χ4n) is 1.80. The number of hydrogen-bond donors (Lipinski definition) is 3. The molecule has 1 aromatic heterocycles. The van der Waals surface area contributed by atoms with Crippen molar-refractivity contribution in [2.24, 2.45) is 5.92 Å². The molecular weight excluding hydrogens is 254 g/mol. The molecule has 1 fully saturated rings. The van der Waals surface area contributed by atoms with Gasteiger partial charge >= 0.3 is 0 Å². The van der Waals surface area contributed by atoms with Crippen molar-refractivity contribution in [1.82, 2.24) is 15.3 Å². The second kappa shape index (κ2) is 7.07. The summed E-state index contributed by atoms with van der Waals surface area (Å²) < 4.78 is 0. The zero-order chi connectivity index (χ0) is 14.4. The summed E-state index contributed by atoms with van der Waals surface area (Å²) in [6, 6.07) is 0. The van der Waals surface area contributed by atoms with E-state index in [1.165, 1.54) is 0 Å². The normalized spacial score (nSPS) is 13.9. The van der Waals surface area contributed by atoms with E-state index in [9.17, 15) is 4.79 Å². The molecule has 0 unspecified atom stereocenters. The van der Waals surface area contributed by atoms with E-state index in [1.807, 2.05) is 6.92 Å².